The predicted molar refractivity (Wildman–Crippen MR) is 92.0 cm³/mol. The monoisotopic (exact) mass is 282 g/mol. The molecule has 0 bridgehead atoms. The summed E-state index contributed by atoms with van der Waals surface area (Å²) in [5.74, 6) is 0. The number of likely N-dealkylation sites (N-methyl/N-ethyl adjacent to an activating group) is 1. The zero-order valence-electron chi connectivity index (χ0n) is 13.8. The minimum Gasteiger partial charge on any atom is -0.366 e. The quantitative estimate of drug-likeness (QED) is 0.916. The number of anilines is 1. The van der Waals surface area contributed by atoms with Crippen molar-refractivity contribution in [2.75, 3.05) is 18.5 Å². The van der Waals surface area contributed by atoms with Crippen LogP contribution in [0.25, 0.3) is 0 Å². The van der Waals surface area contributed by atoms with Crippen molar-refractivity contribution in [3.63, 3.8) is 0 Å². The Bertz CT molecular complexity index is 611. The van der Waals surface area contributed by atoms with Crippen LogP contribution in [-0.4, -0.2) is 13.6 Å². The number of rotatable bonds is 4. The third-order valence-electron chi connectivity index (χ3n) is 4.10. The molecule has 1 atom stereocenters. The second-order valence-electron chi connectivity index (χ2n) is 6.07. The molecule has 21 heavy (non-hydrogen) atoms. The van der Waals surface area contributed by atoms with Crippen molar-refractivity contribution in [1.29, 1.82) is 0 Å². The number of nitrogens with two attached hydrogens (primary N) is 1. The van der Waals surface area contributed by atoms with Crippen molar-refractivity contribution in [2.45, 2.75) is 33.7 Å². The Balaban J connectivity index is 2.42. The highest BCUT2D eigenvalue weighted by Crippen LogP contribution is 2.29. The van der Waals surface area contributed by atoms with Gasteiger partial charge in [-0.2, -0.15) is 0 Å². The maximum atomic E-state index is 6.10. The number of aryl methyl sites for hydroxylation is 4. The van der Waals surface area contributed by atoms with E-state index in [2.05, 4.69) is 76.0 Å². The molecular weight excluding hydrogens is 256 g/mol. The summed E-state index contributed by atoms with van der Waals surface area (Å²) in [6.45, 7) is 9.17. The van der Waals surface area contributed by atoms with E-state index in [1.165, 1.54) is 33.5 Å². The molecule has 2 heteroatoms. The zero-order valence-corrected chi connectivity index (χ0v) is 13.8. The molecule has 112 valence electrons. The van der Waals surface area contributed by atoms with Gasteiger partial charge in [0.15, 0.2) is 0 Å². The van der Waals surface area contributed by atoms with Gasteiger partial charge in [-0.25, -0.2) is 0 Å². The molecule has 0 aliphatic carbocycles. The molecule has 0 spiro atoms. The van der Waals surface area contributed by atoms with Crippen molar-refractivity contribution in [1.82, 2.24) is 0 Å². The van der Waals surface area contributed by atoms with E-state index in [1.807, 2.05) is 0 Å². The molecule has 2 rings (SSSR count). The average Bonchev–Trinajstić information content (AvgIpc) is 2.42. The van der Waals surface area contributed by atoms with Crippen LogP contribution in [-0.2, 0) is 0 Å². The van der Waals surface area contributed by atoms with Crippen LogP contribution < -0.4 is 10.6 Å². The first-order valence-electron chi connectivity index (χ1n) is 7.50. The third kappa shape index (κ3) is 3.45. The van der Waals surface area contributed by atoms with Crippen LogP contribution >= 0.6 is 0 Å². The Morgan fingerprint density at radius 3 is 2.10 bits per heavy atom. The van der Waals surface area contributed by atoms with Gasteiger partial charge in [-0.05, 0) is 62.1 Å². The minimum atomic E-state index is 0.200. The first-order valence-corrected chi connectivity index (χ1v) is 7.50. The normalized spacial score (nSPS) is 12.3. The highest BCUT2D eigenvalue weighted by molar-refractivity contribution is 5.53. The summed E-state index contributed by atoms with van der Waals surface area (Å²) in [4.78, 5) is 2.29. The van der Waals surface area contributed by atoms with Crippen molar-refractivity contribution in [2.24, 2.45) is 5.73 Å². The fourth-order valence-electron chi connectivity index (χ4n) is 2.95. The molecule has 0 aliphatic rings. The molecule has 0 radical (unpaired) electrons. The van der Waals surface area contributed by atoms with Crippen LogP contribution in [0, 0.1) is 27.7 Å². The Hall–Kier alpha value is -1.80. The number of nitrogens with zero attached hydrogens (tertiary/aromatic N) is 1. The highest BCUT2D eigenvalue weighted by Gasteiger charge is 2.18. The summed E-state index contributed by atoms with van der Waals surface area (Å²) >= 11 is 0. The van der Waals surface area contributed by atoms with Gasteiger partial charge >= 0.3 is 0 Å². The van der Waals surface area contributed by atoms with E-state index in [4.69, 9.17) is 5.73 Å². The lowest BCUT2D eigenvalue weighted by atomic mass is 9.97. The topological polar surface area (TPSA) is 29.3 Å². The van der Waals surface area contributed by atoms with E-state index in [1.54, 1.807) is 0 Å². The maximum absolute atomic E-state index is 6.10. The van der Waals surface area contributed by atoms with Crippen LogP contribution in [0.4, 0.5) is 5.69 Å². The van der Waals surface area contributed by atoms with Gasteiger partial charge in [-0.15, -0.1) is 0 Å². The first-order chi connectivity index (χ1) is 9.92. The summed E-state index contributed by atoms with van der Waals surface area (Å²) in [6.07, 6.45) is 0. The molecule has 0 heterocycles. The third-order valence-corrected chi connectivity index (χ3v) is 4.10. The second-order valence-corrected chi connectivity index (χ2v) is 6.07. The lowest BCUT2D eigenvalue weighted by molar-refractivity contribution is 0.675. The Morgan fingerprint density at radius 1 is 0.905 bits per heavy atom. The van der Waals surface area contributed by atoms with Crippen molar-refractivity contribution < 1.29 is 0 Å². The van der Waals surface area contributed by atoms with Gasteiger partial charge in [0.1, 0.15) is 0 Å². The summed E-state index contributed by atoms with van der Waals surface area (Å²) in [5, 5.41) is 0. The average molecular weight is 282 g/mol. The molecule has 2 aromatic rings. The zero-order chi connectivity index (χ0) is 15.6. The molecule has 2 N–H and O–H groups in total. The van der Waals surface area contributed by atoms with Gasteiger partial charge in [0.05, 0.1) is 6.04 Å². The highest BCUT2D eigenvalue weighted by atomic mass is 15.1. The van der Waals surface area contributed by atoms with E-state index < -0.39 is 0 Å². The van der Waals surface area contributed by atoms with E-state index in [-0.39, 0.29) is 6.04 Å². The van der Waals surface area contributed by atoms with Gasteiger partial charge in [-0.3, -0.25) is 0 Å². The predicted octanol–water partition coefficient (Wildman–Crippen LogP) is 4.06. The molecule has 0 aliphatic heterocycles. The second kappa shape index (κ2) is 6.31. The van der Waals surface area contributed by atoms with Crippen LogP contribution in [0.5, 0.6) is 0 Å². The fourth-order valence-corrected chi connectivity index (χ4v) is 2.95. The van der Waals surface area contributed by atoms with Gasteiger partial charge in [-0.1, -0.05) is 29.8 Å². The van der Waals surface area contributed by atoms with Crippen LogP contribution in [0.2, 0.25) is 0 Å². The Kier molecular flexibility index (Phi) is 4.69. The standard InChI is InChI=1S/C19H26N2/c1-13-6-7-16(4)18(11-13)19(12-20)21(5)17-9-14(2)8-15(3)10-17/h6-11,19H,12,20H2,1-5H3. The molecule has 2 nitrogen and oxygen atoms in total. The van der Waals surface area contributed by atoms with Crippen LogP contribution in [0.15, 0.2) is 36.4 Å². The van der Waals surface area contributed by atoms with E-state index in [0.717, 1.165) is 0 Å². The molecule has 0 amide bonds. The van der Waals surface area contributed by atoms with Gasteiger partial charge < -0.3 is 10.6 Å². The molecule has 0 saturated carbocycles. The minimum absolute atomic E-state index is 0.200. The van der Waals surface area contributed by atoms with Crippen LogP contribution in [0.3, 0.4) is 0 Å². The summed E-state index contributed by atoms with van der Waals surface area (Å²) in [5.41, 5.74) is 13.8. The SMILES string of the molecule is Cc1cc(C)cc(N(C)C(CN)c2cc(C)ccc2C)c1. The maximum Gasteiger partial charge on any atom is 0.0664 e. The van der Waals surface area contributed by atoms with E-state index >= 15 is 0 Å². The lowest BCUT2D eigenvalue weighted by Crippen LogP contribution is -2.31. The van der Waals surface area contributed by atoms with Gasteiger partial charge in [0.25, 0.3) is 0 Å². The molecule has 0 fully saturated rings. The summed E-state index contributed by atoms with van der Waals surface area (Å²) in [7, 11) is 2.13. The molecule has 2 aromatic carbocycles. The molecular formula is C19H26N2. The molecule has 1 unspecified atom stereocenters. The summed E-state index contributed by atoms with van der Waals surface area (Å²) < 4.78 is 0. The Labute approximate surface area is 128 Å². The largest absolute Gasteiger partial charge is 0.366 e. The van der Waals surface area contributed by atoms with Crippen molar-refractivity contribution >= 4 is 5.69 Å². The van der Waals surface area contributed by atoms with Gasteiger partial charge in [0.2, 0.25) is 0 Å². The number of hydrogen-bond donors (Lipinski definition) is 1. The van der Waals surface area contributed by atoms with Crippen LogP contribution in [0.1, 0.15) is 33.9 Å². The van der Waals surface area contributed by atoms with Crippen molar-refractivity contribution in [3.05, 3.63) is 64.2 Å². The first kappa shape index (κ1) is 15.6. The number of hydrogen-bond acceptors (Lipinski definition) is 2. The van der Waals surface area contributed by atoms with Crippen molar-refractivity contribution in [3.8, 4) is 0 Å². The molecule has 0 saturated heterocycles. The fraction of sp³-hybridized carbons (Fsp3) is 0.368. The molecule has 0 aromatic heterocycles. The van der Waals surface area contributed by atoms with E-state index in [0.29, 0.717) is 6.54 Å². The smallest absolute Gasteiger partial charge is 0.0664 e. The lowest BCUT2D eigenvalue weighted by Gasteiger charge is -2.31. The van der Waals surface area contributed by atoms with Gasteiger partial charge in [0, 0.05) is 19.3 Å². The summed E-state index contributed by atoms with van der Waals surface area (Å²) in [6, 6.07) is 13.4. The number of benzene rings is 2. The van der Waals surface area contributed by atoms with E-state index in [9.17, 15) is 0 Å². The Morgan fingerprint density at radius 2 is 1.52 bits per heavy atom.